The molecule has 0 saturated heterocycles. The first kappa shape index (κ1) is 14.2. The van der Waals surface area contributed by atoms with Crippen LogP contribution in [0.15, 0.2) is 5.38 Å². The molecule has 1 aliphatic rings. The maximum atomic E-state index is 12.1. The van der Waals surface area contributed by atoms with Crippen molar-refractivity contribution in [3.05, 3.63) is 27.7 Å². The summed E-state index contributed by atoms with van der Waals surface area (Å²) in [6.07, 6.45) is 3.01. The molecular weight excluding hydrogens is 286 g/mol. The van der Waals surface area contributed by atoms with Crippen LogP contribution < -0.4 is 5.32 Å². The van der Waals surface area contributed by atoms with Crippen molar-refractivity contribution in [3.63, 3.8) is 0 Å². The minimum atomic E-state index is 0.0415. The normalized spacial score (nSPS) is 17.5. The van der Waals surface area contributed by atoms with Crippen LogP contribution >= 0.6 is 11.3 Å². The molecule has 7 heteroatoms. The number of hydrogen-bond donors (Lipinski definition) is 1. The highest BCUT2D eigenvalue weighted by Gasteiger charge is 2.23. The second-order valence-corrected chi connectivity index (χ2v) is 6.40. The van der Waals surface area contributed by atoms with Crippen LogP contribution in [-0.4, -0.2) is 31.7 Å². The van der Waals surface area contributed by atoms with Gasteiger partial charge >= 0.3 is 0 Å². The van der Waals surface area contributed by atoms with Crippen molar-refractivity contribution in [2.75, 3.05) is 0 Å². The molecule has 2 aromatic heterocycles. The monoisotopic (exact) mass is 305 g/mol. The lowest BCUT2D eigenvalue weighted by Gasteiger charge is -2.25. The molecule has 112 valence electrons. The van der Waals surface area contributed by atoms with Crippen molar-refractivity contribution >= 4 is 17.2 Å². The second-order valence-electron chi connectivity index (χ2n) is 5.33. The fourth-order valence-corrected chi connectivity index (χ4v) is 3.31. The molecule has 0 aliphatic carbocycles. The number of fused-ring (bicyclic) bond motifs is 1. The minimum absolute atomic E-state index is 0.0415. The van der Waals surface area contributed by atoms with E-state index < -0.39 is 0 Å². The van der Waals surface area contributed by atoms with Gasteiger partial charge in [-0.2, -0.15) is 0 Å². The van der Waals surface area contributed by atoms with Crippen molar-refractivity contribution in [3.8, 4) is 0 Å². The zero-order chi connectivity index (χ0) is 14.8. The summed E-state index contributed by atoms with van der Waals surface area (Å²) < 4.78 is 2.14. The van der Waals surface area contributed by atoms with Crippen molar-refractivity contribution in [1.82, 2.24) is 25.1 Å². The first-order chi connectivity index (χ1) is 10.2. The molecule has 1 amide bonds. The maximum absolute atomic E-state index is 12.1. The van der Waals surface area contributed by atoms with Crippen molar-refractivity contribution in [2.24, 2.45) is 0 Å². The molecule has 1 aliphatic heterocycles. The van der Waals surface area contributed by atoms with Crippen molar-refractivity contribution < 1.29 is 4.79 Å². The molecule has 3 rings (SSSR count). The lowest BCUT2D eigenvalue weighted by molar-refractivity contribution is -0.121. The van der Waals surface area contributed by atoms with Crippen LogP contribution in [0.1, 0.15) is 35.7 Å². The van der Waals surface area contributed by atoms with Gasteiger partial charge in [-0.15, -0.1) is 21.5 Å². The van der Waals surface area contributed by atoms with Crippen LogP contribution in [-0.2, 0) is 30.6 Å². The van der Waals surface area contributed by atoms with Gasteiger partial charge < -0.3 is 9.88 Å². The van der Waals surface area contributed by atoms with Crippen LogP contribution in [0.25, 0.3) is 0 Å². The summed E-state index contributed by atoms with van der Waals surface area (Å²) in [6, 6.07) is 0.158. The summed E-state index contributed by atoms with van der Waals surface area (Å²) in [4.78, 5) is 16.4. The summed E-state index contributed by atoms with van der Waals surface area (Å²) in [7, 11) is 0. The van der Waals surface area contributed by atoms with Crippen LogP contribution in [0.3, 0.4) is 0 Å². The van der Waals surface area contributed by atoms with Gasteiger partial charge in [0.2, 0.25) is 5.91 Å². The molecule has 6 nitrogen and oxygen atoms in total. The third kappa shape index (κ3) is 3.12. The molecule has 3 heterocycles. The number of thiazole rings is 1. The van der Waals surface area contributed by atoms with E-state index in [0.29, 0.717) is 6.42 Å². The highest BCUT2D eigenvalue weighted by molar-refractivity contribution is 7.09. The molecule has 0 spiro atoms. The Labute approximate surface area is 127 Å². The highest BCUT2D eigenvalue weighted by Crippen LogP contribution is 2.16. The van der Waals surface area contributed by atoms with E-state index in [1.165, 1.54) is 0 Å². The third-order valence-corrected chi connectivity index (χ3v) is 4.54. The molecule has 21 heavy (non-hydrogen) atoms. The Morgan fingerprint density at radius 2 is 2.38 bits per heavy atom. The average Bonchev–Trinajstić information content (AvgIpc) is 3.04. The van der Waals surface area contributed by atoms with Crippen LogP contribution in [0, 0.1) is 6.92 Å². The summed E-state index contributed by atoms with van der Waals surface area (Å²) in [5.74, 6) is 2.08. The van der Waals surface area contributed by atoms with Gasteiger partial charge in [-0.25, -0.2) is 4.98 Å². The summed E-state index contributed by atoms with van der Waals surface area (Å²) >= 11 is 1.58. The zero-order valence-corrected chi connectivity index (χ0v) is 13.1. The van der Waals surface area contributed by atoms with Gasteiger partial charge in [-0.05, 0) is 13.3 Å². The van der Waals surface area contributed by atoms with E-state index in [9.17, 15) is 4.79 Å². The van der Waals surface area contributed by atoms with Crippen molar-refractivity contribution in [2.45, 2.75) is 52.1 Å². The number of carbonyl (C=O) groups is 1. The maximum Gasteiger partial charge on any atom is 0.226 e. The fourth-order valence-electron chi connectivity index (χ4n) is 2.70. The Bertz CT molecular complexity index is 634. The predicted molar refractivity (Wildman–Crippen MR) is 80.2 cm³/mol. The van der Waals surface area contributed by atoms with Gasteiger partial charge in [0.05, 0.1) is 17.1 Å². The van der Waals surface area contributed by atoms with E-state index in [4.69, 9.17) is 0 Å². The Balaban J connectivity index is 1.60. The highest BCUT2D eigenvalue weighted by atomic mass is 32.1. The number of rotatable bonds is 4. The number of amides is 1. The van der Waals surface area contributed by atoms with Gasteiger partial charge in [0, 0.05) is 30.8 Å². The summed E-state index contributed by atoms with van der Waals surface area (Å²) in [5.41, 5.74) is 0.852. The molecule has 0 saturated carbocycles. The lowest BCUT2D eigenvalue weighted by Crippen LogP contribution is -2.42. The van der Waals surface area contributed by atoms with Gasteiger partial charge in [-0.1, -0.05) is 6.92 Å². The van der Waals surface area contributed by atoms with Crippen LogP contribution in [0.5, 0.6) is 0 Å². The zero-order valence-electron chi connectivity index (χ0n) is 12.3. The predicted octanol–water partition coefficient (Wildman–Crippen LogP) is 1.28. The van der Waals surface area contributed by atoms with Crippen LogP contribution in [0.4, 0.5) is 0 Å². The molecule has 0 radical (unpaired) electrons. The van der Waals surface area contributed by atoms with Crippen molar-refractivity contribution in [1.29, 1.82) is 0 Å². The van der Waals surface area contributed by atoms with E-state index in [1.807, 2.05) is 12.3 Å². The first-order valence-electron chi connectivity index (χ1n) is 7.27. The van der Waals surface area contributed by atoms with E-state index in [-0.39, 0.29) is 11.9 Å². The first-order valence-corrected chi connectivity index (χ1v) is 8.15. The number of nitrogens with zero attached hydrogens (tertiary/aromatic N) is 4. The van der Waals surface area contributed by atoms with Gasteiger partial charge in [0.15, 0.2) is 0 Å². The molecule has 1 N–H and O–H groups in total. The second kappa shape index (κ2) is 5.93. The molecule has 0 unspecified atom stereocenters. The Kier molecular flexibility index (Phi) is 4.01. The summed E-state index contributed by atoms with van der Waals surface area (Å²) in [6.45, 7) is 4.80. The largest absolute Gasteiger partial charge is 0.351 e. The average molecular weight is 305 g/mol. The van der Waals surface area contributed by atoms with E-state index in [0.717, 1.165) is 48.2 Å². The molecule has 1 atom stereocenters. The Hall–Kier alpha value is -1.76. The molecule has 0 fully saturated rings. The van der Waals surface area contributed by atoms with Gasteiger partial charge in [0.25, 0.3) is 0 Å². The number of nitrogens with one attached hydrogen (secondary N) is 1. The summed E-state index contributed by atoms with van der Waals surface area (Å²) in [5, 5.41) is 14.4. The van der Waals surface area contributed by atoms with E-state index >= 15 is 0 Å². The van der Waals surface area contributed by atoms with Crippen LogP contribution in [0.2, 0.25) is 0 Å². The minimum Gasteiger partial charge on any atom is -0.351 e. The molecule has 0 bridgehead atoms. The topological polar surface area (TPSA) is 72.7 Å². The molecule has 0 aromatic carbocycles. The smallest absolute Gasteiger partial charge is 0.226 e. The lowest BCUT2D eigenvalue weighted by atomic mass is 10.1. The van der Waals surface area contributed by atoms with Gasteiger partial charge in [0.1, 0.15) is 11.6 Å². The molecular formula is C14H19N5OS. The SMILES string of the molecule is CCc1nnc2n1C[C@H](NC(=O)Cc1csc(C)n1)CC2. The Morgan fingerprint density at radius 1 is 1.52 bits per heavy atom. The number of aryl methyl sites for hydroxylation is 3. The molecule has 2 aromatic rings. The number of carbonyl (C=O) groups excluding carboxylic acids is 1. The van der Waals surface area contributed by atoms with Gasteiger partial charge in [-0.3, -0.25) is 4.79 Å². The Morgan fingerprint density at radius 3 is 3.10 bits per heavy atom. The quantitative estimate of drug-likeness (QED) is 0.923. The van der Waals surface area contributed by atoms with E-state index in [2.05, 4.69) is 32.0 Å². The standard InChI is InChI=1S/C14H19N5OS/c1-3-12-17-18-13-5-4-10(7-19(12)13)16-14(20)6-11-8-21-9(2)15-11/h8,10H,3-7H2,1-2H3,(H,16,20)/t10-/m1/s1. The third-order valence-electron chi connectivity index (χ3n) is 3.71. The number of hydrogen-bond acceptors (Lipinski definition) is 5. The van der Waals surface area contributed by atoms with E-state index in [1.54, 1.807) is 11.3 Å². The number of aromatic nitrogens is 4. The fraction of sp³-hybridized carbons (Fsp3) is 0.571.